The molecule has 0 bridgehead atoms. The second kappa shape index (κ2) is 13.9. The molecule has 3 aromatic heterocycles. The van der Waals surface area contributed by atoms with Crippen molar-refractivity contribution in [1.82, 2.24) is 15.0 Å². The van der Waals surface area contributed by atoms with Crippen molar-refractivity contribution in [3.63, 3.8) is 0 Å². The lowest BCUT2D eigenvalue weighted by Gasteiger charge is -2.09. The number of aromatic nitrogens is 3. The van der Waals surface area contributed by atoms with Gasteiger partial charge >= 0.3 is 0 Å². The molecular formula is C24H33N5. The van der Waals surface area contributed by atoms with E-state index in [9.17, 15) is 0 Å². The van der Waals surface area contributed by atoms with E-state index in [0.717, 1.165) is 28.1 Å². The molecule has 0 atom stereocenters. The standard InChI is InChI=1S/C17H17N5.C4H10.C3H6/c1-19-16-9-13(4-6-21-16)15-8-14(17(18)22-11-15)7-12-3-2-5-20-10-12;1-3-4-2;1-3-2/h2-6,8-11H,7H2,1H3,(H2,18,22)(H,19,21);3-4H2,1-2H3;3H,1H2,2H3. The predicted molar refractivity (Wildman–Crippen MR) is 125 cm³/mol. The van der Waals surface area contributed by atoms with Crippen LogP contribution in [0.15, 0.2) is 67.8 Å². The van der Waals surface area contributed by atoms with Crippen molar-refractivity contribution in [2.24, 2.45) is 0 Å². The second-order valence-corrected chi connectivity index (χ2v) is 6.39. The molecule has 0 amide bonds. The molecule has 29 heavy (non-hydrogen) atoms. The van der Waals surface area contributed by atoms with E-state index >= 15 is 0 Å². The molecule has 0 aromatic carbocycles. The maximum atomic E-state index is 6.02. The Morgan fingerprint density at radius 1 is 1.03 bits per heavy atom. The lowest BCUT2D eigenvalue weighted by Crippen LogP contribution is -2.00. The van der Waals surface area contributed by atoms with Gasteiger partial charge in [-0.1, -0.05) is 38.8 Å². The van der Waals surface area contributed by atoms with Gasteiger partial charge < -0.3 is 11.1 Å². The van der Waals surface area contributed by atoms with E-state index in [4.69, 9.17) is 5.73 Å². The number of nitrogen functional groups attached to an aromatic ring is 1. The van der Waals surface area contributed by atoms with Crippen LogP contribution in [0.5, 0.6) is 0 Å². The van der Waals surface area contributed by atoms with E-state index in [-0.39, 0.29) is 0 Å². The quantitative estimate of drug-likeness (QED) is 0.541. The zero-order valence-electron chi connectivity index (χ0n) is 18.0. The van der Waals surface area contributed by atoms with Crippen molar-refractivity contribution >= 4 is 11.6 Å². The first kappa shape index (κ1) is 23.8. The molecule has 0 spiro atoms. The third kappa shape index (κ3) is 8.56. The molecule has 3 N–H and O–H groups in total. The smallest absolute Gasteiger partial charge is 0.126 e. The van der Waals surface area contributed by atoms with Crippen molar-refractivity contribution in [2.45, 2.75) is 40.0 Å². The molecule has 5 nitrogen and oxygen atoms in total. The molecule has 0 fully saturated rings. The van der Waals surface area contributed by atoms with Crippen molar-refractivity contribution in [3.8, 4) is 11.1 Å². The second-order valence-electron chi connectivity index (χ2n) is 6.39. The highest BCUT2D eigenvalue weighted by Crippen LogP contribution is 2.24. The Balaban J connectivity index is 0.000000526. The fourth-order valence-electron chi connectivity index (χ4n) is 2.29. The molecule has 3 heterocycles. The minimum Gasteiger partial charge on any atom is -0.383 e. The van der Waals surface area contributed by atoms with Crippen LogP contribution in [0, 0.1) is 0 Å². The Kier molecular flexibility index (Phi) is 11.4. The van der Waals surface area contributed by atoms with Crippen LogP contribution in [0.4, 0.5) is 11.6 Å². The topological polar surface area (TPSA) is 76.7 Å². The number of hydrogen-bond acceptors (Lipinski definition) is 5. The molecule has 154 valence electrons. The lowest BCUT2D eigenvalue weighted by molar-refractivity contribution is 0.886. The number of anilines is 2. The highest BCUT2D eigenvalue weighted by Gasteiger charge is 2.07. The van der Waals surface area contributed by atoms with Crippen LogP contribution in [0.1, 0.15) is 44.7 Å². The van der Waals surface area contributed by atoms with Gasteiger partial charge in [-0.3, -0.25) is 4.98 Å². The summed E-state index contributed by atoms with van der Waals surface area (Å²) in [6, 6.07) is 9.97. The Morgan fingerprint density at radius 2 is 1.76 bits per heavy atom. The number of allylic oxidation sites excluding steroid dienone is 1. The molecule has 0 saturated carbocycles. The summed E-state index contributed by atoms with van der Waals surface area (Å²) in [6.07, 6.45) is 12.3. The van der Waals surface area contributed by atoms with Gasteiger partial charge in [-0.2, -0.15) is 0 Å². The molecule has 0 saturated heterocycles. The summed E-state index contributed by atoms with van der Waals surface area (Å²) >= 11 is 0. The van der Waals surface area contributed by atoms with Crippen LogP contribution in [-0.2, 0) is 6.42 Å². The van der Waals surface area contributed by atoms with Gasteiger partial charge in [0.15, 0.2) is 0 Å². The Labute approximate surface area is 175 Å². The molecule has 3 aromatic rings. The Morgan fingerprint density at radius 3 is 2.34 bits per heavy atom. The highest BCUT2D eigenvalue weighted by molar-refractivity contribution is 5.67. The summed E-state index contributed by atoms with van der Waals surface area (Å²) in [5, 5.41) is 3.04. The average molecular weight is 392 g/mol. The normalized spacial score (nSPS) is 9.38. The summed E-state index contributed by atoms with van der Waals surface area (Å²) in [5.41, 5.74) is 10.2. The van der Waals surface area contributed by atoms with E-state index in [1.54, 1.807) is 24.7 Å². The minimum absolute atomic E-state index is 0.551. The highest BCUT2D eigenvalue weighted by atomic mass is 14.9. The van der Waals surface area contributed by atoms with Gasteiger partial charge in [0.2, 0.25) is 0 Å². The first-order valence-electron chi connectivity index (χ1n) is 9.94. The summed E-state index contributed by atoms with van der Waals surface area (Å²) in [6.45, 7) is 9.61. The molecule has 0 aliphatic heterocycles. The summed E-state index contributed by atoms with van der Waals surface area (Å²) in [5.74, 6) is 1.37. The third-order valence-electron chi connectivity index (χ3n) is 3.97. The maximum absolute atomic E-state index is 6.02. The maximum Gasteiger partial charge on any atom is 0.126 e. The number of nitrogens with two attached hydrogens (primary N) is 1. The molecule has 0 aliphatic rings. The molecule has 0 radical (unpaired) electrons. The first-order chi connectivity index (χ1) is 14.1. The fourth-order valence-corrected chi connectivity index (χ4v) is 2.29. The van der Waals surface area contributed by atoms with Gasteiger partial charge in [0, 0.05) is 43.8 Å². The van der Waals surface area contributed by atoms with Crippen molar-refractivity contribution in [1.29, 1.82) is 0 Å². The van der Waals surface area contributed by atoms with Gasteiger partial charge in [0.1, 0.15) is 11.6 Å². The molecule has 0 unspecified atom stereocenters. The number of unbranched alkanes of at least 4 members (excludes halogenated alkanes) is 1. The largest absolute Gasteiger partial charge is 0.383 e. The van der Waals surface area contributed by atoms with E-state index in [1.807, 2.05) is 44.4 Å². The Hall–Kier alpha value is -3.21. The minimum atomic E-state index is 0.551. The van der Waals surface area contributed by atoms with Crippen molar-refractivity contribution in [2.75, 3.05) is 18.1 Å². The monoisotopic (exact) mass is 391 g/mol. The zero-order chi connectivity index (χ0) is 21.5. The SMILES string of the molecule is C=CC.CCCC.CNc1cc(-c2cnc(N)c(Cc3cccnc3)c2)ccn1. The Bertz CT molecular complexity index is 845. The van der Waals surface area contributed by atoms with Crippen molar-refractivity contribution in [3.05, 3.63) is 78.9 Å². The summed E-state index contributed by atoms with van der Waals surface area (Å²) < 4.78 is 0. The van der Waals surface area contributed by atoms with Crippen LogP contribution in [-0.4, -0.2) is 22.0 Å². The number of nitrogens with zero attached hydrogens (tertiary/aromatic N) is 3. The first-order valence-corrected chi connectivity index (χ1v) is 9.94. The predicted octanol–water partition coefficient (Wildman–Crippen LogP) is 5.75. The fraction of sp³-hybridized carbons (Fsp3) is 0.292. The van der Waals surface area contributed by atoms with Crippen LogP contribution in [0.2, 0.25) is 0 Å². The lowest BCUT2D eigenvalue weighted by atomic mass is 10.0. The molecule has 0 aliphatic carbocycles. The summed E-state index contributed by atoms with van der Waals surface area (Å²) in [4.78, 5) is 12.7. The van der Waals surface area contributed by atoms with Crippen LogP contribution in [0.3, 0.4) is 0 Å². The van der Waals surface area contributed by atoms with Gasteiger partial charge in [-0.25, -0.2) is 9.97 Å². The average Bonchev–Trinajstić information content (AvgIpc) is 2.77. The van der Waals surface area contributed by atoms with Crippen LogP contribution in [0.25, 0.3) is 11.1 Å². The number of nitrogens with one attached hydrogen (secondary N) is 1. The number of pyridine rings is 3. The van der Waals surface area contributed by atoms with E-state index < -0.39 is 0 Å². The van der Waals surface area contributed by atoms with Crippen LogP contribution < -0.4 is 11.1 Å². The number of rotatable bonds is 5. The molecule has 3 rings (SSSR count). The molecular weight excluding hydrogens is 358 g/mol. The number of hydrogen-bond donors (Lipinski definition) is 2. The zero-order valence-corrected chi connectivity index (χ0v) is 18.0. The van der Waals surface area contributed by atoms with Crippen LogP contribution >= 0.6 is 0 Å². The van der Waals surface area contributed by atoms with Gasteiger partial charge in [0.05, 0.1) is 0 Å². The van der Waals surface area contributed by atoms with Gasteiger partial charge in [-0.05, 0) is 47.9 Å². The van der Waals surface area contributed by atoms with E-state index in [2.05, 4.69) is 46.8 Å². The van der Waals surface area contributed by atoms with E-state index in [1.165, 1.54) is 12.8 Å². The summed E-state index contributed by atoms with van der Waals surface area (Å²) in [7, 11) is 1.85. The third-order valence-corrected chi connectivity index (χ3v) is 3.97. The molecule has 5 heteroatoms. The van der Waals surface area contributed by atoms with Gasteiger partial charge in [0.25, 0.3) is 0 Å². The van der Waals surface area contributed by atoms with E-state index in [0.29, 0.717) is 12.2 Å². The van der Waals surface area contributed by atoms with Gasteiger partial charge in [-0.15, -0.1) is 6.58 Å². The van der Waals surface area contributed by atoms with Crippen molar-refractivity contribution < 1.29 is 0 Å².